The van der Waals surface area contributed by atoms with Crippen LogP contribution in [0.3, 0.4) is 0 Å². The van der Waals surface area contributed by atoms with Crippen molar-refractivity contribution in [3.8, 4) is 0 Å². The summed E-state index contributed by atoms with van der Waals surface area (Å²) >= 11 is 12.2. The van der Waals surface area contributed by atoms with Gasteiger partial charge in [-0.15, -0.1) is 0 Å². The lowest BCUT2D eigenvalue weighted by molar-refractivity contribution is 0.272. The van der Waals surface area contributed by atoms with Crippen LogP contribution in [0.4, 0.5) is 0 Å². The quantitative estimate of drug-likeness (QED) is 0.650. The second kappa shape index (κ2) is 8.41. The summed E-state index contributed by atoms with van der Waals surface area (Å²) in [7, 11) is -7.70. The predicted octanol–water partition coefficient (Wildman–Crippen LogP) is 3.92. The highest BCUT2D eigenvalue weighted by molar-refractivity contribution is 7.89. The third-order valence-corrected chi connectivity index (χ3v) is 10.6. The van der Waals surface area contributed by atoms with Gasteiger partial charge in [0.25, 0.3) is 0 Å². The van der Waals surface area contributed by atoms with Gasteiger partial charge in [-0.2, -0.15) is 8.61 Å². The Morgan fingerprint density at radius 2 is 1.07 bits per heavy atom. The van der Waals surface area contributed by atoms with E-state index in [2.05, 4.69) is 0 Å². The van der Waals surface area contributed by atoms with Gasteiger partial charge in [-0.3, -0.25) is 0 Å². The van der Waals surface area contributed by atoms with Crippen LogP contribution >= 0.6 is 23.2 Å². The van der Waals surface area contributed by atoms with Crippen LogP contribution in [0.5, 0.6) is 0 Å². The van der Waals surface area contributed by atoms with E-state index < -0.39 is 20.0 Å². The van der Waals surface area contributed by atoms with Crippen molar-refractivity contribution < 1.29 is 16.8 Å². The molecule has 0 saturated carbocycles. The molecule has 0 N–H and O–H groups in total. The van der Waals surface area contributed by atoms with Gasteiger partial charge >= 0.3 is 0 Å². The summed E-state index contributed by atoms with van der Waals surface area (Å²) in [6.07, 6.45) is 0. The number of sulfonamides is 2. The SMILES string of the molecule is Cc1cc(C)c(C)c(S(=O)(=O)N2CCN(S(=O)(=O)c3c(Cl)cccc3Cl)CC2)c1C. The number of aryl methyl sites for hydroxylation is 2. The zero-order valence-electron chi connectivity index (χ0n) is 17.2. The Balaban J connectivity index is 1.89. The molecule has 0 radical (unpaired) electrons. The van der Waals surface area contributed by atoms with Crippen molar-refractivity contribution in [3.05, 3.63) is 56.6 Å². The van der Waals surface area contributed by atoms with Crippen LogP contribution in [0.15, 0.2) is 34.1 Å². The zero-order chi connectivity index (χ0) is 22.4. The zero-order valence-corrected chi connectivity index (χ0v) is 20.4. The molecule has 10 heteroatoms. The van der Waals surface area contributed by atoms with Crippen molar-refractivity contribution in [1.82, 2.24) is 8.61 Å². The summed E-state index contributed by atoms with van der Waals surface area (Å²) in [5.74, 6) is 0. The Morgan fingerprint density at radius 1 is 0.700 bits per heavy atom. The fraction of sp³-hybridized carbons (Fsp3) is 0.400. The Labute approximate surface area is 188 Å². The van der Waals surface area contributed by atoms with Crippen molar-refractivity contribution in [1.29, 1.82) is 0 Å². The van der Waals surface area contributed by atoms with Crippen LogP contribution < -0.4 is 0 Å². The van der Waals surface area contributed by atoms with Crippen LogP contribution in [0.2, 0.25) is 10.0 Å². The second-order valence-corrected chi connectivity index (χ2v) is 12.0. The van der Waals surface area contributed by atoms with Gasteiger partial charge in [-0.1, -0.05) is 35.3 Å². The van der Waals surface area contributed by atoms with Crippen molar-refractivity contribution in [2.45, 2.75) is 37.5 Å². The summed E-state index contributed by atoms with van der Waals surface area (Å²) in [5, 5.41) is 0.0815. The predicted molar refractivity (Wildman–Crippen MR) is 119 cm³/mol. The topological polar surface area (TPSA) is 74.8 Å². The molecular weight excluding hydrogens is 467 g/mol. The van der Waals surface area contributed by atoms with Gasteiger partial charge in [-0.05, 0) is 62.1 Å². The molecular formula is C20H24Cl2N2O4S2. The average molecular weight is 491 g/mol. The summed E-state index contributed by atoms with van der Waals surface area (Å²) in [4.78, 5) is 0.163. The number of nitrogens with zero attached hydrogens (tertiary/aromatic N) is 2. The molecule has 1 aliphatic heterocycles. The molecule has 0 spiro atoms. The third-order valence-electron chi connectivity index (χ3n) is 5.61. The maximum atomic E-state index is 13.4. The number of halogens is 2. The molecule has 6 nitrogen and oxygen atoms in total. The lowest BCUT2D eigenvalue weighted by Gasteiger charge is -2.34. The Hall–Kier alpha value is -1.16. The van der Waals surface area contributed by atoms with Gasteiger partial charge < -0.3 is 0 Å². The van der Waals surface area contributed by atoms with E-state index in [1.54, 1.807) is 19.9 Å². The molecule has 1 aliphatic rings. The van der Waals surface area contributed by atoms with Crippen molar-refractivity contribution in [2.24, 2.45) is 0 Å². The fourth-order valence-corrected chi connectivity index (χ4v) is 8.22. The molecule has 0 aliphatic carbocycles. The van der Waals surface area contributed by atoms with E-state index in [0.717, 1.165) is 22.3 Å². The minimum absolute atomic E-state index is 0.0198. The van der Waals surface area contributed by atoms with E-state index >= 15 is 0 Å². The smallest absolute Gasteiger partial charge is 0.207 e. The van der Waals surface area contributed by atoms with E-state index in [1.165, 1.54) is 20.7 Å². The number of benzene rings is 2. The van der Waals surface area contributed by atoms with Gasteiger partial charge in [0.1, 0.15) is 4.90 Å². The van der Waals surface area contributed by atoms with Gasteiger partial charge in [0, 0.05) is 26.2 Å². The molecule has 2 aromatic rings. The van der Waals surface area contributed by atoms with Crippen LogP contribution in [0, 0.1) is 27.7 Å². The van der Waals surface area contributed by atoms with E-state index in [9.17, 15) is 16.8 Å². The largest absolute Gasteiger partial charge is 0.246 e. The molecule has 0 atom stereocenters. The normalized spacial score (nSPS) is 16.7. The van der Waals surface area contributed by atoms with Crippen molar-refractivity contribution >= 4 is 43.2 Å². The molecule has 0 amide bonds. The molecule has 3 rings (SSSR count). The maximum absolute atomic E-state index is 13.4. The van der Waals surface area contributed by atoms with Gasteiger partial charge in [0.15, 0.2) is 0 Å². The fourth-order valence-electron chi connectivity index (χ4n) is 3.71. The highest BCUT2D eigenvalue weighted by atomic mass is 35.5. The summed E-state index contributed by atoms with van der Waals surface area (Å²) in [6, 6.07) is 6.48. The monoisotopic (exact) mass is 490 g/mol. The molecule has 1 fully saturated rings. The molecule has 164 valence electrons. The first kappa shape index (κ1) is 23.5. The first-order valence-electron chi connectivity index (χ1n) is 9.40. The number of piperazine rings is 1. The number of hydrogen-bond donors (Lipinski definition) is 0. The van der Waals surface area contributed by atoms with Gasteiger partial charge in [0.05, 0.1) is 14.9 Å². The first-order chi connectivity index (χ1) is 13.9. The van der Waals surface area contributed by atoms with E-state index in [4.69, 9.17) is 23.2 Å². The summed E-state index contributed by atoms with van der Waals surface area (Å²) in [6.45, 7) is 7.52. The highest BCUT2D eigenvalue weighted by Crippen LogP contribution is 2.33. The number of rotatable bonds is 4. The Morgan fingerprint density at radius 3 is 1.47 bits per heavy atom. The van der Waals surface area contributed by atoms with Crippen molar-refractivity contribution in [2.75, 3.05) is 26.2 Å². The van der Waals surface area contributed by atoms with Crippen LogP contribution in [0.25, 0.3) is 0 Å². The second-order valence-electron chi connectivity index (χ2n) is 7.45. The lowest BCUT2D eigenvalue weighted by Crippen LogP contribution is -2.50. The molecule has 1 heterocycles. The molecule has 2 aromatic carbocycles. The van der Waals surface area contributed by atoms with Gasteiger partial charge in [0.2, 0.25) is 20.0 Å². The molecule has 1 saturated heterocycles. The average Bonchev–Trinajstić information content (AvgIpc) is 2.66. The maximum Gasteiger partial charge on any atom is 0.246 e. The lowest BCUT2D eigenvalue weighted by atomic mass is 10.0. The van der Waals surface area contributed by atoms with E-state index in [0.29, 0.717) is 4.90 Å². The molecule has 0 unspecified atom stereocenters. The van der Waals surface area contributed by atoms with E-state index in [-0.39, 0.29) is 41.1 Å². The first-order valence-corrected chi connectivity index (χ1v) is 13.0. The highest BCUT2D eigenvalue weighted by Gasteiger charge is 2.36. The summed E-state index contributed by atoms with van der Waals surface area (Å²) in [5.41, 5.74) is 3.25. The van der Waals surface area contributed by atoms with E-state index in [1.807, 2.05) is 19.9 Å². The van der Waals surface area contributed by atoms with Gasteiger partial charge in [-0.25, -0.2) is 16.8 Å². The molecule has 30 heavy (non-hydrogen) atoms. The third kappa shape index (κ3) is 4.01. The van der Waals surface area contributed by atoms with Crippen molar-refractivity contribution in [3.63, 3.8) is 0 Å². The minimum atomic E-state index is -3.94. The minimum Gasteiger partial charge on any atom is -0.207 e. The Bertz CT molecular complexity index is 1160. The molecule has 0 aromatic heterocycles. The van der Waals surface area contributed by atoms with Crippen LogP contribution in [-0.4, -0.2) is 51.6 Å². The summed E-state index contributed by atoms with van der Waals surface area (Å²) < 4.78 is 55.4. The van der Waals surface area contributed by atoms with Crippen LogP contribution in [-0.2, 0) is 20.0 Å². The Kier molecular flexibility index (Phi) is 6.59. The van der Waals surface area contributed by atoms with Crippen LogP contribution in [0.1, 0.15) is 22.3 Å². The number of hydrogen-bond acceptors (Lipinski definition) is 4. The molecule has 0 bridgehead atoms. The standard InChI is InChI=1S/C20H24Cl2N2O4S2/c1-13-12-14(2)16(4)19(15(13)3)29(25,26)23-8-10-24(11-9-23)30(27,28)20-17(21)6-5-7-18(20)22/h5-7,12H,8-11H2,1-4H3.